The SMILES string of the molecule is C=C/C=C\c1nc(-c2cccc(-c3ccc4sc5cccc(-c6nc(-c7ccccc7)nc(-c7ccc8oc9ccccc9c8c7)n6)c5c4c3)c2)sc1C. The van der Waals surface area contributed by atoms with E-state index in [1.54, 1.807) is 28.7 Å². The first-order chi connectivity index (χ1) is 26.6. The number of aromatic nitrogens is 4. The number of fused-ring (bicyclic) bond motifs is 6. The van der Waals surface area contributed by atoms with Crippen LogP contribution in [0.25, 0.3) is 104 Å². The summed E-state index contributed by atoms with van der Waals surface area (Å²) in [6.07, 6.45) is 5.72. The van der Waals surface area contributed by atoms with E-state index in [1.165, 1.54) is 19.7 Å². The molecule has 0 aliphatic carbocycles. The average molecular weight is 731 g/mol. The van der Waals surface area contributed by atoms with E-state index < -0.39 is 0 Å². The van der Waals surface area contributed by atoms with Crippen LogP contribution in [0.1, 0.15) is 10.6 Å². The van der Waals surface area contributed by atoms with Crippen molar-refractivity contribution in [1.82, 2.24) is 19.9 Å². The minimum atomic E-state index is 0.612. The van der Waals surface area contributed by atoms with Gasteiger partial charge in [-0.25, -0.2) is 19.9 Å². The number of thiazole rings is 1. The molecule has 6 aromatic carbocycles. The van der Waals surface area contributed by atoms with Gasteiger partial charge >= 0.3 is 0 Å². The third-order valence-electron chi connectivity index (χ3n) is 9.70. The first kappa shape index (κ1) is 32.1. The third kappa shape index (κ3) is 5.62. The van der Waals surface area contributed by atoms with Crippen molar-refractivity contribution in [2.75, 3.05) is 0 Å². The highest BCUT2D eigenvalue weighted by Crippen LogP contribution is 2.42. The molecular weight excluding hydrogens is 701 g/mol. The average Bonchev–Trinajstić information content (AvgIpc) is 3.92. The summed E-state index contributed by atoms with van der Waals surface area (Å²) in [5.74, 6) is 1.87. The topological polar surface area (TPSA) is 64.7 Å². The zero-order valence-electron chi connectivity index (χ0n) is 29.2. The van der Waals surface area contributed by atoms with E-state index in [-0.39, 0.29) is 0 Å². The molecule has 0 atom stereocenters. The van der Waals surface area contributed by atoms with Crippen LogP contribution in [0.5, 0.6) is 0 Å². The van der Waals surface area contributed by atoms with Crippen LogP contribution in [0.2, 0.25) is 0 Å². The van der Waals surface area contributed by atoms with Crippen molar-refractivity contribution in [3.05, 3.63) is 163 Å². The Kier molecular flexibility index (Phi) is 7.82. The molecule has 0 saturated heterocycles. The van der Waals surface area contributed by atoms with Crippen LogP contribution in [0, 0.1) is 6.92 Å². The minimum absolute atomic E-state index is 0.612. The molecule has 10 aromatic rings. The van der Waals surface area contributed by atoms with Crippen LogP contribution in [-0.2, 0) is 0 Å². The van der Waals surface area contributed by atoms with E-state index in [2.05, 4.69) is 86.3 Å². The Balaban J connectivity index is 1.12. The maximum Gasteiger partial charge on any atom is 0.164 e. The van der Waals surface area contributed by atoms with Crippen LogP contribution in [0.3, 0.4) is 0 Å². The van der Waals surface area contributed by atoms with Gasteiger partial charge in [-0.15, -0.1) is 22.7 Å². The molecule has 256 valence electrons. The summed E-state index contributed by atoms with van der Waals surface area (Å²) in [6.45, 7) is 5.91. The van der Waals surface area contributed by atoms with Crippen LogP contribution in [0.4, 0.5) is 0 Å². The number of hydrogen-bond acceptors (Lipinski definition) is 7. The van der Waals surface area contributed by atoms with Gasteiger partial charge in [-0.05, 0) is 72.7 Å². The molecule has 4 heterocycles. The van der Waals surface area contributed by atoms with E-state index in [9.17, 15) is 0 Å². The first-order valence-corrected chi connectivity index (χ1v) is 19.3. The van der Waals surface area contributed by atoms with E-state index >= 15 is 0 Å². The smallest absolute Gasteiger partial charge is 0.164 e. The lowest BCUT2D eigenvalue weighted by Gasteiger charge is -2.10. The number of para-hydroxylation sites is 1. The molecule has 7 heteroatoms. The summed E-state index contributed by atoms with van der Waals surface area (Å²) in [5, 5.41) is 5.41. The van der Waals surface area contributed by atoms with Crippen molar-refractivity contribution in [1.29, 1.82) is 0 Å². The normalized spacial score (nSPS) is 11.8. The van der Waals surface area contributed by atoms with Gasteiger partial charge in [-0.2, -0.15) is 0 Å². The Labute approximate surface area is 319 Å². The van der Waals surface area contributed by atoms with Gasteiger partial charge in [-0.1, -0.05) is 104 Å². The summed E-state index contributed by atoms with van der Waals surface area (Å²) >= 11 is 3.50. The number of nitrogens with zero attached hydrogens (tertiary/aromatic N) is 4. The Morgan fingerprint density at radius 1 is 0.537 bits per heavy atom. The lowest BCUT2D eigenvalue weighted by atomic mass is 9.99. The number of rotatable bonds is 7. The van der Waals surface area contributed by atoms with Crippen LogP contribution >= 0.6 is 22.7 Å². The second-order valence-corrected chi connectivity index (χ2v) is 15.4. The minimum Gasteiger partial charge on any atom is -0.456 e. The van der Waals surface area contributed by atoms with E-state index in [1.807, 2.05) is 72.8 Å². The third-order valence-corrected chi connectivity index (χ3v) is 11.9. The summed E-state index contributed by atoms with van der Waals surface area (Å²) in [7, 11) is 0. The molecule has 0 saturated carbocycles. The molecule has 0 spiro atoms. The van der Waals surface area contributed by atoms with Gasteiger partial charge in [0.05, 0.1) is 5.69 Å². The van der Waals surface area contributed by atoms with Crippen molar-refractivity contribution in [3.8, 4) is 55.9 Å². The number of aryl methyl sites for hydroxylation is 1. The molecule has 4 aromatic heterocycles. The lowest BCUT2D eigenvalue weighted by Crippen LogP contribution is -2.00. The summed E-state index contributed by atoms with van der Waals surface area (Å²) in [6, 6.07) is 46.2. The molecule has 0 aliphatic rings. The van der Waals surface area contributed by atoms with Crippen molar-refractivity contribution < 1.29 is 4.42 Å². The van der Waals surface area contributed by atoms with Crippen LogP contribution in [-0.4, -0.2) is 19.9 Å². The molecule has 0 N–H and O–H groups in total. The highest BCUT2D eigenvalue weighted by atomic mass is 32.1. The molecule has 10 rings (SSSR count). The van der Waals surface area contributed by atoms with Gasteiger partial charge < -0.3 is 4.42 Å². The van der Waals surface area contributed by atoms with Crippen LogP contribution < -0.4 is 0 Å². The summed E-state index contributed by atoms with van der Waals surface area (Å²) in [5.41, 5.74) is 8.85. The zero-order chi connectivity index (χ0) is 36.2. The molecule has 5 nitrogen and oxygen atoms in total. The van der Waals surface area contributed by atoms with E-state index in [0.717, 1.165) is 71.4 Å². The Hall–Kier alpha value is -6.54. The van der Waals surface area contributed by atoms with Crippen molar-refractivity contribution in [2.45, 2.75) is 6.92 Å². The number of benzene rings is 6. The van der Waals surface area contributed by atoms with E-state index in [0.29, 0.717) is 17.5 Å². The van der Waals surface area contributed by atoms with Gasteiger partial charge in [0.2, 0.25) is 0 Å². The lowest BCUT2D eigenvalue weighted by molar-refractivity contribution is 0.669. The fourth-order valence-corrected chi connectivity index (χ4v) is 9.09. The maximum atomic E-state index is 6.14. The van der Waals surface area contributed by atoms with Crippen molar-refractivity contribution in [2.24, 2.45) is 0 Å². The maximum absolute atomic E-state index is 6.14. The van der Waals surface area contributed by atoms with Gasteiger partial charge in [0, 0.05) is 58.1 Å². The highest BCUT2D eigenvalue weighted by molar-refractivity contribution is 7.26. The van der Waals surface area contributed by atoms with Gasteiger partial charge in [0.25, 0.3) is 0 Å². The summed E-state index contributed by atoms with van der Waals surface area (Å²) in [4.78, 5) is 21.5. The van der Waals surface area contributed by atoms with Crippen LogP contribution in [0.15, 0.2) is 157 Å². The van der Waals surface area contributed by atoms with Crippen molar-refractivity contribution in [3.63, 3.8) is 0 Å². The Bertz CT molecular complexity index is 3100. The van der Waals surface area contributed by atoms with E-state index in [4.69, 9.17) is 24.4 Å². The number of furan rings is 1. The highest BCUT2D eigenvalue weighted by Gasteiger charge is 2.19. The standard InChI is InChI=1S/C47H30N4OS2/c1-3-4-18-38-28(2)53-47(48-38)33-15-10-14-30(25-33)31-22-24-41-37(26-31)43-35(17-11-20-42(43)54-41)46-50-44(29-12-6-5-7-13-29)49-45(51-46)32-21-23-40-36(27-32)34-16-8-9-19-39(34)52-40/h3-27H,1H2,2H3/b18-4-. The summed E-state index contributed by atoms with van der Waals surface area (Å²) < 4.78 is 8.53. The molecule has 0 aliphatic heterocycles. The quantitative estimate of drug-likeness (QED) is 0.153. The molecule has 0 radical (unpaired) electrons. The van der Waals surface area contributed by atoms with Gasteiger partial charge in [0.1, 0.15) is 16.2 Å². The fourth-order valence-electron chi connectivity index (χ4n) is 7.08. The fraction of sp³-hybridized carbons (Fsp3) is 0.0213. The van der Waals surface area contributed by atoms with Gasteiger partial charge in [-0.3, -0.25) is 0 Å². The Morgan fingerprint density at radius 3 is 2.13 bits per heavy atom. The molecule has 0 fully saturated rings. The first-order valence-electron chi connectivity index (χ1n) is 17.7. The number of hydrogen-bond donors (Lipinski definition) is 0. The number of allylic oxidation sites excluding steroid dienone is 2. The molecule has 0 bridgehead atoms. The molecule has 54 heavy (non-hydrogen) atoms. The second-order valence-electron chi connectivity index (χ2n) is 13.1. The monoisotopic (exact) mass is 730 g/mol. The van der Waals surface area contributed by atoms with Crippen molar-refractivity contribution >= 4 is 70.9 Å². The number of thiophene rings is 1. The second kappa shape index (κ2) is 13.1. The Morgan fingerprint density at radius 2 is 1.24 bits per heavy atom. The predicted molar refractivity (Wildman–Crippen MR) is 227 cm³/mol. The largest absolute Gasteiger partial charge is 0.456 e. The van der Waals surface area contributed by atoms with Gasteiger partial charge in [0.15, 0.2) is 17.5 Å². The zero-order valence-corrected chi connectivity index (χ0v) is 30.8. The molecule has 0 amide bonds. The molecular formula is C47H30N4OS2. The predicted octanol–water partition coefficient (Wildman–Crippen LogP) is 13.4. The molecule has 0 unspecified atom stereocenters.